The van der Waals surface area contributed by atoms with E-state index in [2.05, 4.69) is 10.6 Å². The Morgan fingerprint density at radius 1 is 1.21 bits per heavy atom. The van der Waals surface area contributed by atoms with E-state index < -0.39 is 6.10 Å². The molecule has 1 fully saturated rings. The number of nitrogens with one attached hydrogen (secondary N) is 2. The van der Waals surface area contributed by atoms with Gasteiger partial charge in [0, 0.05) is 30.2 Å². The standard InChI is InChI=1S/C22H23ClN2O4/c1-14-20(26)25-18-8-4-5-15(19(18)29-14)21(27)24-13-22(9-11-28-12-10-22)16-6-2-3-7-17(16)23/h2-8,14H,9-13H2,1H3,(H,24,27)(H,25,26). The zero-order valence-corrected chi connectivity index (χ0v) is 16.9. The number of ether oxygens (including phenoxy) is 2. The van der Waals surface area contributed by atoms with Crippen LogP contribution < -0.4 is 15.4 Å². The Hall–Kier alpha value is -2.57. The molecule has 2 aromatic carbocycles. The van der Waals surface area contributed by atoms with Gasteiger partial charge in [0.25, 0.3) is 11.8 Å². The van der Waals surface area contributed by atoms with Crippen LogP contribution in [0.3, 0.4) is 0 Å². The van der Waals surface area contributed by atoms with Gasteiger partial charge in [0.15, 0.2) is 11.9 Å². The van der Waals surface area contributed by atoms with Gasteiger partial charge in [-0.15, -0.1) is 0 Å². The summed E-state index contributed by atoms with van der Waals surface area (Å²) in [6.07, 6.45) is 0.891. The second-order valence-electron chi connectivity index (χ2n) is 7.49. The van der Waals surface area contributed by atoms with Crippen molar-refractivity contribution >= 4 is 29.1 Å². The molecule has 152 valence electrons. The topological polar surface area (TPSA) is 76.7 Å². The van der Waals surface area contributed by atoms with Gasteiger partial charge in [0.05, 0.1) is 11.3 Å². The van der Waals surface area contributed by atoms with Crippen LogP contribution in [0.2, 0.25) is 5.02 Å². The van der Waals surface area contributed by atoms with E-state index in [0.29, 0.717) is 41.8 Å². The number of benzene rings is 2. The van der Waals surface area contributed by atoms with Gasteiger partial charge in [-0.05, 0) is 43.5 Å². The first kappa shape index (κ1) is 19.7. The molecule has 1 unspecified atom stereocenters. The summed E-state index contributed by atoms with van der Waals surface area (Å²) in [6.45, 7) is 3.33. The van der Waals surface area contributed by atoms with Gasteiger partial charge >= 0.3 is 0 Å². The van der Waals surface area contributed by atoms with E-state index >= 15 is 0 Å². The van der Waals surface area contributed by atoms with Crippen LogP contribution in [0.25, 0.3) is 0 Å². The Kier molecular flexibility index (Phi) is 5.48. The van der Waals surface area contributed by atoms with Gasteiger partial charge in [-0.25, -0.2) is 0 Å². The van der Waals surface area contributed by atoms with Crippen molar-refractivity contribution in [3.05, 3.63) is 58.6 Å². The number of halogens is 1. The Bertz CT molecular complexity index is 940. The van der Waals surface area contributed by atoms with E-state index in [1.54, 1.807) is 25.1 Å². The fraction of sp³-hybridized carbons (Fsp3) is 0.364. The molecule has 7 heteroatoms. The van der Waals surface area contributed by atoms with Crippen molar-refractivity contribution in [1.29, 1.82) is 0 Å². The molecule has 2 aliphatic heterocycles. The highest BCUT2D eigenvalue weighted by Gasteiger charge is 2.37. The summed E-state index contributed by atoms with van der Waals surface area (Å²) >= 11 is 6.49. The predicted octanol–water partition coefficient (Wildman–Crippen LogP) is 3.54. The number of hydrogen-bond donors (Lipinski definition) is 2. The Balaban J connectivity index is 1.58. The highest BCUT2D eigenvalue weighted by atomic mass is 35.5. The third-order valence-corrected chi connectivity index (χ3v) is 5.99. The van der Waals surface area contributed by atoms with Crippen LogP contribution in [-0.2, 0) is 14.9 Å². The Morgan fingerprint density at radius 2 is 1.97 bits per heavy atom. The third kappa shape index (κ3) is 3.82. The van der Waals surface area contributed by atoms with E-state index in [-0.39, 0.29) is 17.2 Å². The van der Waals surface area contributed by atoms with Crippen molar-refractivity contribution in [3.8, 4) is 5.75 Å². The van der Waals surface area contributed by atoms with Gasteiger partial charge in [0.1, 0.15) is 0 Å². The van der Waals surface area contributed by atoms with Crippen LogP contribution in [0.4, 0.5) is 5.69 Å². The third-order valence-electron chi connectivity index (χ3n) is 5.66. The van der Waals surface area contributed by atoms with Crippen LogP contribution in [0.5, 0.6) is 5.75 Å². The predicted molar refractivity (Wildman–Crippen MR) is 111 cm³/mol. The van der Waals surface area contributed by atoms with Gasteiger partial charge in [-0.2, -0.15) is 0 Å². The summed E-state index contributed by atoms with van der Waals surface area (Å²) in [4.78, 5) is 24.9. The molecular weight excluding hydrogens is 392 g/mol. The van der Waals surface area contributed by atoms with E-state index in [9.17, 15) is 9.59 Å². The number of carbonyl (C=O) groups is 2. The van der Waals surface area contributed by atoms with Crippen LogP contribution in [0.15, 0.2) is 42.5 Å². The lowest BCUT2D eigenvalue weighted by Gasteiger charge is -2.38. The minimum atomic E-state index is -0.651. The van der Waals surface area contributed by atoms with Gasteiger partial charge in [0.2, 0.25) is 0 Å². The molecule has 0 saturated carbocycles. The molecule has 0 aliphatic carbocycles. The van der Waals surface area contributed by atoms with Gasteiger partial charge < -0.3 is 20.1 Å². The quantitative estimate of drug-likeness (QED) is 0.802. The van der Waals surface area contributed by atoms with Gasteiger partial charge in [-0.3, -0.25) is 9.59 Å². The van der Waals surface area contributed by atoms with E-state index in [1.807, 2.05) is 24.3 Å². The zero-order valence-electron chi connectivity index (χ0n) is 16.2. The largest absolute Gasteiger partial charge is 0.478 e. The molecule has 2 N–H and O–H groups in total. The summed E-state index contributed by atoms with van der Waals surface area (Å²) in [7, 11) is 0. The number of anilines is 1. The first-order valence-electron chi connectivity index (χ1n) is 9.72. The molecule has 6 nitrogen and oxygen atoms in total. The molecular formula is C22H23ClN2O4. The number of fused-ring (bicyclic) bond motifs is 1. The van der Waals surface area contributed by atoms with Crippen LogP contribution in [-0.4, -0.2) is 37.7 Å². The molecule has 4 rings (SSSR count). The molecule has 0 spiro atoms. The molecule has 29 heavy (non-hydrogen) atoms. The zero-order chi connectivity index (χ0) is 20.4. The summed E-state index contributed by atoms with van der Waals surface area (Å²) in [6, 6.07) is 12.9. The number of amides is 2. The highest BCUT2D eigenvalue weighted by molar-refractivity contribution is 6.31. The lowest BCUT2D eigenvalue weighted by Crippen LogP contribution is -2.45. The maximum absolute atomic E-state index is 13.0. The van der Waals surface area contributed by atoms with E-state index in [4.69, 9.17) is 21.1 Å². The molecule has 0 bridgehead atoms. The van der Waals surface area contributed by atoms with Gasteiger partial charge in [-0.1, -0.05) is 35.9 Å². The number of rotatable bonds is 4. The minimum Gasteiger partial charge on any atom is -0.478 e. The average molecular weight is 415 g/mol. The Morgan fingerprint density at radius 3 is 2.72 bits per heavy atom. The van der Waals surface area contributed by atoms with Crippen LogP contribution >= 0.6 is 11.6 Å². The lowest BCUT2D eigenvalue weighted by atomic mass is 9.74. The molecule has 0 radical (unpaired) electrons. The monoisotopic (exact) mass is 414 g/mol. The van der Waals surface area contributed by atoms with Crippen molar-refractivity contribution in [2.75, 3.05) is 25.1 Å². The summed E-state index contributed by atoms with van der Waals surface area (Å²) in [5, 5.41) is 6.53. The lowest BCUT2D eigenvalue weighted by molar-refractivity contribution is -0.122. The summed E-state index contributed by atoms with van der Waals surface area (Å²) in [5.74, 6) is -0.0751. The number of para-hydroxylation sites is 1. The van der Waals surface area contributed by atoms with E-state index in [1.165, 1.54) is 0 Å². The molecule has 2 aliphatic rings. The number of hydrogen-bond acceptors (Lipinski definition) is 4. The molecule has 1 saturated heterocycles. The maximum Gasteiger partial charge on any atom is 0.265 e. The number of carbonyl (C=O) groups excluding carboxylic acids is 2. The fourth-order valence-electron chi connectivity index (χ4n) is 3.95. The molecule has 1 atom stereocenters. The van der Waals surface area contributed by atoms with Crippen molar-refractivity contribution in [2.45, 2.75) is 31.3 Å². The first-order valence-corrected chi connectivity index (χ1v) is 10.1. The smallest absolute Gasteiger partial charge is 0.265 e. The maximum atomic E-state index is 13.0. The second-order valence-corrected chi connectivity index (χ2v) is 7.89. The van der Waals surface area contributed by atoms with Crippen LogP contribution in [0.1, 0.15) is 35.7 Å². The Labute approximate surface area is 174 Å². The second kappa shape index (κ2) is 8.05. The summed E-state index contributed by atoms with van der Waals surface area (Å²) < 4.78 is 11.3. The van der Waals surface area contributed by atoms with Crippen molar-refractivity contribution in [1.82, 2.24) is 5.32 Å². The minimum absolute atomic E-state index is 0.227. The van der Waals surface area contributed by atoms with Crippen molar-refractivity contribution in [2.24, 2.45) is 0 Å². The molecule has 2 heterocycles. The SMILES string of the molecule is CC1Oc2c(cccc2C(=O)NCC2(c3ccccc3Cl)CCOCC2)NC1=O. The van der Waals surface area contributed by atoms with Crippen molar-refractivity contribution in [3.63, 3.8) is 0 Å². The summed E-state index contributed by atoms with van der Waals surface area (Å²) in [5.41, 5.74) is 1.64. The fourth-order valence-corrected chi connectivity index (χ4v) is 4.28. The molecule has 2 amide bonds. The average Bonchev–Trinajstić information content (AvgIpc) is 2.73. The first-order chi connectivity index (χ1) is 14.0. The van der Waals surface area contributed by atoms with Crippen LogP contribution in [0, 0.1) is 0 Å². The normalized spacial score (nSPS) is 20.2. The highest BCUT2D eigenvalue weighted by Crippen LogP contribution is 2.38. The van der Waals surface area contributed by atoms with E-state index in [0.717, 1.165) is 18.4 Å². The molecule has 2 aromatic rings. The molecule has 0 aromatic heterocycles. The van der Waals surface area contributed by atoms with Crippen molar-refractivity contribution < 1.29 is 19.1 Å².